The maximum atomic E-state index is 11.7. The topological polar surface area (TPSA) is 62.5 Å². The van der Waals surface area contributed by atoms with Crippen molar-refractivity contribution in [2.75, 3.05) is 5.32 Å². The lowest BCUT2D eigenvalue weighted by Gasteiger charge is -2.06. The van der Waals surface area contributed by atoms with Crippen molar-refractivity contribution in [1.29, 1.82) is 0 Å². The van der Waals surface area contributed by atoms with Gasteiger partial charge in [0.15, 0.2) is 11.0 Å². The van der Waals surface area contributed by atoms with Crippen LogP contribution in [0.5, 0.6) is 5.75 Å². The minimum Gasteiger partial charge on any atom is -0.506 e. The van der Waals surface area contributed by atoms with Gasteiger partial charge in [-0.05, 0) is 48.4 Å². The molecule has 2 rings (SSSR count). The summed E-state index contributed by atoms with van der Waals surface area (Å²) in [5.74, 6) is -0.359. The minimum atomic E-state index is -0.462. The van der Waals surface area contributed by atoms with Gasteiger partial charge in [-0.3, -0.25) is 4.79 Å². The third kappa shape index (κ3) is 2.60. The van der Waals surface area contributed by atoms with E-state index in [2.05, 4.69) is 5.32 Å². The molecule has 1 amide bonds. The van der Waals surface area contributed by atoms with Crippen molar-refractivity contribution >= 4 is 23.2 Å². The second kappa shape index (κ2) is 4.51. The summed E-state index contributed by atoms with van der Waals surface area (Å²) in [4.78, 5) is 11.7. The molecule has 0 aliphatic carbocycles. The van der Waals surface area contributed by atoms with Crippen LogP contribution < -0.4 is 5.32 Å². The van der Waals surface area contributed by atoms with Crippen LogP contribution in [-0.2, 0) is 0 Å². The molecule has 2 N–H and O–H groups in total. The van der Waals surface area contributed by atoms with Gasteiger partial charge in [-0.15, -0.1) is 0 Å². The monoisotopic (exact) mass is 251 g/mol. The van der Waals surface area contributed by atoms with Gasteiger partial charge in [0.05, 0.1) is 5.69 Å². The van der Waals surface area contributed by atoms with E-state index in [-0.39, 0.29) is 16.7 Å². The van der Waals surface area contributed by atoms with E-state index in [9.17, 15) is 9.90 Å². The first kappa shape index (κ1) is 11.5. The van der Waals surface area contributed by atoms with Gasteiger partial charge in [-0.2, -0.15) is 0 Å². The summed E-state index contributed by atoms with van der Waals surface area (Å²) in [6.45, 7) is 1.84. The number of carbonyl (C=O) groups excluding carboxylic acids is 1. The van der Waals surface area contributed by atoms with E-state index >= 15 is 0 Å². The number of furan rings is 1. The van der Waals surface area contributed by atoms with Gasteiger partial charge >= 0.3 is 0 Å². The molecule has 4 nitrogen and oxygen atoms in total. The SMILES string of the molecule is Cc1ccc(NC(=O)c2ccc(Cl)o2)c(O)c1. The first-order valence-electron chi connectivity index (χ1n) is 4.92. The van der Waals surface area contributed by atoms with E-state index in [1.54, 1.807) is 18.2 Å². The predicted molar refractivity (Wildman–Crippen MR) is 64.5 cm³/mol. The standard InChI is InChI=1S/C12H10ClNO3/c1-7-2-3-8(9(15)6-7)14-12(16)10-4-5-11(13)17-10/h2-6,15H,1H3,(H,14,16). The van der Waals surface area contributed by atoms with Gasteiger partial charge in [0.1, 0.15) is 5.75 Å². The van der Waals surface area contributed by atoms with Crippen molar-refractivity contribution in [1.82, 2.24) is 0 Å². The summed E-state index contributed by atoms with van der Waals surface area (Å²) in [6.07, 6.45) is 0. The fraction of sp³-hybridized carbons (Fsp3) is 0.0833. The van der Waals surface area contributed by atoms with Crippen LogP contribution in [-0.4, -0.2) is 11.0 Å². The highest BCUT2D eigenvalue weighted by atomic mass is 35.5. The van der Waals surface area contributed by atoms with Crippen molar-refractivity contribution in [2.45, 2.75) is 6.92 Å². The highest BCUT2D eigenvalue weighted by Gasteiger charge is 2.12. The van der Waals surface area contributed by atoms with Crippen LogP contribution >= 0.6 is 11.6 Å². The van der Waals surface area contributed by atoms with Crippen LogP contribution in [0.15, 0.2) is 34.7 Å². The van der Waals surface area contributed by atoms with Crippen LogP contribution in [0.25, 0.3) is 0 Å². The van der Waals surface area contributed by atoms with Crippen molar-refractivity contribution in [3.8, 4) is 5.75 Å². The molecule has 88 valence electrons. The highest BCUT2D eigenvalue weighted by molar-refractivity contribution is 6.29. The van der Waals surface area contributed by atoms with E-state index in [0.717, 1.165) is 5.56 Å². The summed E-state index contributed by atoms with van der Waals surface area (Å²) in [7, 11) is 0. The second-order valence-electron chi connectivity index (χ2n) is 3.58. The van der Waals surface area contributed by atoms with Crippen molar-refractivity contribution < 1.29 is 14.3 Å². The van der Waals surface area contributed by atoms with E-state index in [0.29, 0.717) is 5.69 Å². The molecule has 0 saturated carbocycles. The number of benzene rings is 1. The molecule has 0 spiro atoms. The third-order valence-corrected chi connectivity index (χ3v) is 2.40. The van der Waals surface area contributed by atoms with E-state index in [4.69, 9.17) is 16.0 Å². The van der Waals surface area contributed by atoms with Crippen LogP contribution in [0.3, 0.4) is 0 Å². The molecule has 1 heterocycles. The molecule has 2 aromatic rings. The molecule has 0 radical (unpaired) electrons. The molecule has 0 unspecified atom stereocenters. The average molecular weight is 252 g/mol. The number of halogens is 1. The quantitative estimate of drug-likeness (QED) is 0.806. The lowest BCUT2D eigenvalue weighted by atomic mass is 10.2. The first-order valence-corrected chi connectivity index (χ1v) is 5.30. The number of anilines is 1. The molecule has 0 atom stereocenters. The second-order valence-corrected chi connectivity index (χ2v) is 3.95. The van der Waals surface area contributed by atoms with E-state index in [1.807, 2.05) is 6.92 Å². The molecule has 0 bridgehead atoms. The average Bonchev–Trinajstić information content (AvgIpc) is 2.69. The summed E-state index contributed by atoms with van der Waals surface area (Å²) >= 11 is 5.56. The predicted octanol–water partition coefficient (Wildman–Crippen LogP) is 3.20. The summed E-state index contributed by atoms with van der Waals surface area (Å²) in [5, 5.41) is 12.3. The summed E-state index contributed by atoms with van der Waals surface area (Å²) < 4.78 is 4.95. The number of nitrogens with one attached hydrogen (secondary N) is 1. The van der Waals surface area contributed by atoms with Crippen LogP contribution in [0, 0.1) is 6.92 Å². The summed E-state index contributed by atoms with van der Waals surface area (Å²) in [6, 6.07) is 7.90. The van der Waals surface area contributed by atoms with Crippen LogP contribution in [0.4, 0.5) is 5.69 Å². The molecule has 0 saturated heterocycles. The third-order valence-electron chi connectivity index (χ3n) is 2.20. The Bertz CT molecular complexity index is 563. The molecular formula is C12H10ClNO3. The van der Waals surface area contributed by atoms with E-state index < -0.39 is 5.91 Å². The number of hydrogen-bond acceptors (Lipinski definition) is 3. The Morgan fingerprint density at radius 2 is 2.12 bits per heavy atom. The Morgan fingerprint density at radius 1 is 1.35 bits per heavy atom. The highest BCUT2D eigenvalue weighted by Crippen LogP contribution is 2.24. The number of amides is 1. The fourth-order valence-corrected chi connectivity index (χ4v) is 1.51. The number of carbonyl (C=O) groups is 1. The van der Waals surface area contributed by atoms with Gasteiger partial charge in [0.2, 0.25) is 0 Å². The largest absolute Gasteiger partial charge is 0.506 e. The van der Waals surface area contributed by atoms with Gasteiger partial charge in [0.25, 0.3) is 5.91 Å². The normalized spacial score (nSPS) is 10.2. The van der Waals surface area contributed by atoms with Gasteiger partial charge < -0.3 is 14.8 Å². The number of rotatable bonds is 2. The van der Waals surface area contributed by atoms with Crippen molar-refractivity contribution in [3.05, 3.63) is 46.9 Å². The number of aryl methyl sites for hydroxylation is 1. The smallest absolute Gasteiger partial charge is 0.291 e. The fourth-order valence-electron chi connectivity index (χ4n) is 1.37. The molecular weight excluding hydrogens is 242 g/mol. The zero-order valence-electron chi connectivity index (χ0n) is 9.03. The van der Waals surface area contributed by atoms with Crippen LogP contribution in [0.2, 0.25) is 5.22 Å². The van der Waals surface area contributed by atoms with Crippen molar-refractivity contribution in [2.24, 2.45) is 0 Å². The molecule has 1 aromatic heterocycles. The first-order chi connectivity index (χ1) is 8.06. The number of aromatic hydroxyl groups is 1. The zero-order valence-corrected chi connectivity index (χ0v) is 9.78. The molecule has 17 heavy (non-hydrogen) atoms. The van der Waals surface area contributed by atoms with Gasteiger partial charge in [0, 0.05) is 0 Å². The maximum Gasteiger partial charge on any atom is 0.291 e. The number of phenols is 1. The number of phenolic OH excluding ortho intramolecular Hbond substituents is 1. The molecule has 1 aromatic carbocycles. The zero-order chi connectivity index (χ0) is 12.4. The van der Waals surface area contributed by atoms with E-state index in [1.165, 1.54) is 12.1 Å². The Labute approximate surface area is 103 Å². The lowest BCUT2D eigenvalue weighted by molar-refractivity contribution is 0.0996. The molecule has 0 aliphatic rings. The lowest BCUT2D eigenvalue weighted by Crippen LogP contribution is -2.10. The minimum absolute atomic E-state index is 0.0102. The number of hydrogen-bond donors (Lipinski definition) is 2. The maximum absolute atomic E-state index is 11.7. The van der Waals surface area contributed by atoms with Crippen molar-refractivity contribution in [3.63, 3.8) is 0 Å². The molecule has 0 aliphatic heterocycles. The van der Waals surface area contributed by atoms with Gasteiger partial charge in [-0.25, -0.2) is 0 Å². The van der Waals surface area contributed by atoms with Gasteiger partial charge in [-0.1, -0.05) is 6.07 Å². The Kier molecular flexibility index (Phi) is 3.06. The summed E-state index contributed by atoms with van der Waals surface area (Å²) in [5.41, 5.74) is 1.23. The Balaban J connectivity index is 2.18. The molecule has 5 heteroatoms. The van der Waals surface area contributed by atoms with Crippen LogP contribution in [0.1, 0.15) is 16.1 Å². The molecule has 0 fully saturated rings. The Morgan fingerprint density at radius 3 is 2.71 bits per heavy atom. The Hall–Kier alpha value is -1.94.